The Morgan fingerprint density at radius 1 is 1.50 bits per heavy atom. The maximum atomic E-state index is 11.1. The van der Waals surface area contributed by atoms with Gasteiger partial charge in [-0.2, -0.15) is 5.26 Å². The SMILES string of the molecule is N#Cc1cc(Br)cc(I)c1S(=O)(=O)Cl. The average Bonchev–Trinajstić information content (AvgIpc) is 1.99. The van der Waals surface area contributed by atoms with Crippen molar-refractivity contribution in [1.82, 2.24) is 0 Å². The van der Waals surface area contributed by atoms with Crippen molar-refractivity contribution in [1.29, 1.82) is 5.26 Å². The zero-order valence-corrected chi connectivity index (χ0v) is 11.8. The Morgan fingerprint density at radius 3 is 2.50 bits per heavy atom. The van der Waals surface area contributed by atoms with Crippen molar-refractivity contribution >= 4 is 58.3 Å². The summed E-state index contributed by atoms with van der Waals surface area (Å²) in [7, 11) is 1.33. The van der Waals surface area contributed by atoms with Crippen LogP contribution in [0.5, 0.6) is 0 Å². The summed E-state index contributed by atoms with van der Waals surface area (Å²) >= 11 is 4.98. The summed E-state index contributed by atoms with van der Waals surface area (Å²) in [5.74, 6) is 0. The molecule has 1 aromatic carbocycles. The maximum Gasteiger partial charge on any atom is 0.263 e. The summed E-state index contributed by atoms with van der Waals surface area (Å²) < 4.78 is 23.3. The second-order valence-electron chi connectivity index (χ2n) is 2.31. The minimum Gasteiger partial charge on any atom is -0.207 e. The van der Waals surface area contributed by atoms with Crippen molar-refractivity contribution in [2.24, 2.45) is 0 Å². The van der Waals surface area contributed by atoms with Gasteiger partial charge in [0, 0.05) is 18.7 Å². The van der Waals surface area contributed by atoms with Gasteiger partial charge in [-0.15, -0.1) is 0 Å². The average molecular weight is 406 g/mol. The molecule has 0 fully saturated rings. The molecule has 3 nitrogen and oxygen atoms in total. The van der Waals surface area contributed by atoms with Gasteiger partial charge < -0.3 is 0 Å². The van der Waals surface area contributed by atoms with Crippen molar-refractivity contribution in [3.63, 3.8) is 0 Å². The molecular formula is C7H2BrClINO2S. The molecule has 74 valence electrons. The Balaban J connectivity index is 3.68. The molecule has 0 spiro atoms. The first-order valence-electron chi connectivity index (χ1n) is 3.20. The highest BCUT2D eigenvalue weighted by Crippen LogP contribution is 2.28. The Labute approximate surface area is 108 Å². The number of halogens is 3. The molecule has 1 rings (SSSR count). The second kappa shape index (κ2) is 4.35. The molecule has 0 aliphatic carbocycles. The molecule has 0 aromatic heterocycles. The maximum absolute atomic E-state index is 11.1. The van der Waals surface area contributed by atoms with Crippen LogP contribution in [0.3, 0.4) is 0 Å². The van der Waals surface area contributed by atoms with Gasteiger partial charge in [-0.3, -0.25) is 0 Å². The third-order valence-corrected chi connectivity index (χ3v) is 4.44. The minimum atomic E-state index is -3.87. The molecular weight excluding hydrogens is 404 g/mol. The van der Waals surface area contributed by atoms with E-state index in [0.29, 0.717) is 8.04 Å². The number of rotatable bonds is 1. The van der Waals surface area contributed by atoms with E-state index in [2.05, 4.69) is 15.9 Å². The monoisotopic (exact) mass is 405 g/mol. The summed E-state index contributed by atoms with van der Waals surface area (Å²) in [6.45, 7) is 0. The van der Waals surface area contributed by atoms with E-state index in [1.165, 1.54) is 6.07 Å². The van der Waals surface area contributed by atoms with Crippen LogP contribution in [0.25, 0.3) is 0 Å². The van der Waals surface area contributed by atoms with E-state index in [9.17, 15) is 8.42 Å². The predicted octanol–water partition coefficient (Wildman–Crippen LogP) is 2.85. The van der Waals surface area contributed by atoms with Gasteiger partial charge in [0.2, 0.25) is 0 Å². The van der Waals surface area contributed by atoms with Crippen molar-refractivity contribution in [2.45, 2.75) is 4.90 Å². The Morgan fingerprint density at radius 2 is 2.07 bits per heavy atom. The lowest BCUT2D eigenvalue weighted by atomic mass is 10.2. The second-order valence-corrected chi connectivity index (χ2v) is 6.89. The van der Waals surface area contributed by atoms with Gasteiger partial charge >= 0.3 is 0 Å². The summed E-state index contributed by atoms with van der Waals surface area (Å²) in [6.07, 6.45) is 0. The number of hydrogen-bond acceptors (Lipinski definition) is 3. The lowest BCUT2D eigenvalue weighted by Gasteiger charge is -2.03. The molecule has 0 saturated carbocycles. The minimum absolute atomic E-state index is 0.0405. The van der Waals surface area contributed by atoms with Gasteiger partial charge in [-0.25, -0.2) is 8.42 Å². The first-order chi connectivity index (χ1) is 6.36. The third kappa shape index (κ3) is 2.59. The van der Waals surface area contributed by atoms with E-state index in [1.54, 1.807) is 12.1 Å². The number of nitriles is 1. The van der Waals surface area contributed by atoms with Crippen LogP contribution >= 0.6 is 49.2 Å². The lowest BCUT2D eigenvalue weighted by Crippen LogP contribution is -1.98. The van der Waals surface area contributed by atoms with E-state index in [4.69, 9.17) is 15.9 Å². The van der Waals surface area contributed by atoms with Crippen LogP contribution in [0, 0.1) is 14.9 Å². The fraction of sp³-hybridized carbons (Fsp3) is 0. The fourth-order valence-corrected chi connectivity index (χ4v) is 4.82. The molecule has 0 bridgehead atoms. The van der Waals surface area contributed by atoms with E-state index in [-0.39, 0.29) is 10.5 Å². The molecule has 1 aromatic rings. The summed E-state index contributed by atoms with van der Waals surface area (Å²) in [4.78, 5) is -0.134. The third-order valence-electron chi connectivity index (χ3n) is 1.37. The largest absolute Gasteiger partial charge is 0.263 e. The van der Waals surface area contributed by atoms with Crippen LogP contribution in [0.15, 0.2) is 21.5 Å². The summed E-state index contributed by atoms with van der Waals surface area (Å²) in [5.41, 5.74) is 0.0405. The highest BCUT2D eigenvalue weighted by molar-refractivity contribution is 14.1. The molecule has 0 aliphatic heterocycles. The molecule has 0 saturated heterocycles. The molecule has 0 radical (unpaired) electrons. The van der Waals surface area contributed by atoms with Gasteiger partial charge in [0.25, 0.3) is 9.05 Å². The van der Waals surface area contributed by atoms with E-state index < -0.39 is 9.05 Å². The smallest absolute Gasteiger partial charge is 0.207 e. The van der Waals surface area contributed by atoms with E-state index >= 15 is 0 Å². The highest BCUT2D eigenvalue weighted by atomic mass is 127. The van der Waals surface area contributed by atoms with Crippen LogP contribution in [0.2, 0.25) is 0 Å². The topological polar surface area (TPSA) is 57.9 Å². The summed E-state index contributed by atoms with van der Waals surface area (Å²) in [6, 6.07) is 4.78. The predicted molar refractivity (Wildman–Crippen MR) is 64.6 cm³/mol. The van der Waals surface area contributed by atoms with Crippen LogP contribution in [0.1, 0.15) is 5.56 Å². The van der Waals surface area contributed by atoms with Gasteiger partial charge in [0.05, 0.1) is 5.56 Å². The van der Waals surface area contributed by atoms with Crippen molar-refractivity contribution < 1.29 is 8.42 Å². The lowest BCUT2D eigenvalue weighted by molar-refractivity contribution is 0.609. The zero-order chi connectivity index (χ0) is 10.9. The molecule has 14 heavy (non-hydrogen) atoms. The number of benzene rings is 1. The van der Waals surface area contributed by atoms with Gasteiger partial charge in [-0.1, -0.05) is 15.9 Å². The number of hydrogen-bond donors (Lipinski definition) is 0. The normalized spacial score (nSPS) is 11.0. The first-order valence-corrected chi connectivity index (χ1v) is 7.38. The molecule has 0 atom stereocenters. The van der Waals surface area contributed by atoms with Crippen LogP contribution < -0.4 is 0 Å². The Bertz CT molecular complexity index is 523. The first kappa shape index (κ1) is 12.2. The van der Waals surface area contributed by atoms with Crippen LogP contribution in [-0.4, -0.2) is 8.42 Å². The van der Waals surface area contributed by atoms with Crippen molar-refractivity contribution in [3.05, 3.63) is 25.7 Å². The quantitative estimate of drug-likeness (QED) is 0.532. The van der Waals surface area contributed by atoms with Crippen molar-refractivity contribution in [3.8, 4) is 6.07 Å². The fourth-order valence-electron chi connectivity index (χ4n) is 0.891. The van der Waals surface area contributed by atoms with Crippen LogP contribution in [-0.2, 0) is 9.05 Å². The summed E-state index contributed by atoms with van der Waals surface area (Å²) in [5, 5.41) is 8.73. The molecule has 0 amide bonds. The molecule has 0 heterocycles. The number of nitrogens with zero attached hydrogens (tertiary/aromatic N) is 1. The molecule has 0 unspecified atom stereocenters. The van der Waals surface area contributed by atoms with E-state index in [0.717, 1.165) is 0 Å². The van der Waals surface area contributed by atoms with Gasteiger partial charge in [0.15, 0.2) is 0 Å². The van der Waals surface area contributed by atoms with Gasteiger partial charge in [0.1, 0.15) is 11.0 Å². The zero-order valence-electron chi connectivity index (χ0n) is 6.46. The molecule has 0 N–H and O–H groups in total. The van der Waals surface area contributed by atoms with Gasteiger partial charge in [-0.05, 0) is 34.7 Å². The standard InChI is InChI=1S/C7H2BrClINO2S/c8-5-1-4(3-11)7(6(10)2-5)14(9,12)13/h1-2H. The Kier molecular flexibility index (Phi) is 3.80. The van der Waals surface area contributed by atoms with Crippen molar-refractivity contribution in [2.75, 3.05) is 0 Å². The molecule has 7 heteroatoms. The highest BCUT2D eigenvalue weighted by Gasteiger charge is 2.20. The van der Waals surface area contributed by atoms with Crippen LogP contribution in [0.4, 0.5) is 0 Å². The van der Waals surface area contributed by atoms with E-state index in [1.807, 2.05) is 22.6 Å². The molecule has 0 aliphatic rings. The Hall–Kier alpha value is 0.160.